The van der Waals surface area contributed by atoms with Gasteiger partial charge in [0.05, 0.1) is 6.20 Å². The molecule has 0 amide bonds. The van der Waals surface area contributed by atoms with E-state index in [0.717, 1.165) is 5.56 Å². The summed E-state index contributed by atoms with van der Waals surface area (Å²) in [5, 5.41) is 9.69. The van der Waals surface area contributed by atoms with Crippen molar-refractivity contribution in [3.05, 3.63) is 46.6 Å². The summed E-state index contributed by atoms with van der Waals surface area (Å²) in [6.45, 7) is 1.83. The number of aryl methyl sites for hydroxylation is 1. The molecule has 19 heavy (non-hydrogen) atoms. The number of aromatic nitrogens is 1. The van der Waals surface area contributed by atoms with E-state index in [-0.39, 0.29) is 17.1 Å². The number of carbonyl (C=O) groups is 1. The van der Waals surface area contributed by atoms with Gasteiger partial charge in [-0.3, -0.25) is 0 Å². The zero-order valence-electron chi connectivity index (χ0n) is 10.1. The maximum atomic E-state index is 11.1. The van der Waals surface area contributed by atoms with E-state index < -0.39 is 5.97 Å². The fourth-order valence-corrected chi connectivity index (χ4v) is 1.63. The van der Waals surface area contributed by atoms with E-state index in [1.54, 1.807) is 18.2 Å². The van der Waals surface area contributed by atoms with Crippen LogP contribution in [0.4, 0.5) is 5.82 Å². The smallest absolute Gasteiger partial charge is 0.339 e. The first-order valence-electron chi connectivity index (χ1n) is 5.40. The summed E-state index contributed by atoms with van der Waals surface area (Å²) >= 11 is 5.91. The molecule has 0 aliphatic heterocycles. The van der Waals surface area contributed by atoms with E-state index in [0.29, 0.717) is 10.8 Å². The van der Waals surface area contributed by atoms with Crippen molar-refractivity contribution in [3.8, 4) is 11.5 Å². The highest BCUT2D eigenvalue weighted by molar-refractivity contribution is 6.31. The number of aromatic carboxylic acids is 1. The number of rotatable bonds is 3. The van der Waals surface area contributed by atoms with Crippen LogP contribution in [0.15, 0.2) is 30.5 Å². The minimum absolute atomic E-state index is 0.0416. The number of hydrogen-bond acceptors (Lipinski definition) is 4. The number of hydrogen-bond donors (Lipinski definition) is 2. The summed E-state index contributed by atoms with van der Waals surface area (Å²) in [7, 11) is 0. The van der Waals surface area contributed by atoms with Gasteiger partial charge in [-0.25, -0.2) is 9.78 Å². The van der Waals surface area contributed by atoms with E-state index in [2.05, 4.69) is 4.98 Å². The molecule has 0 aliphatic carbocycles. The van der Waals surface area contributed by atoms with Gasteiger partial charge in [0, 0.05) is 5.02 Å². The van der Waals surface area contributed by atoms with Crippen molar-refractivity contribution in [1.29, 1.82) is 0 Å². The first-order chi connectivity index (χ1) is 8.97. The molecule has 3 N–H and O–H groups in total. The van der Waals surface area contributed by atoms with E-state index in [1.807, 2.05) is 6.92 Å². The van der Waals surface area contributed by atoms with Crippen LogP contribution in [0.2, 0.25) is 5.02 Å². The summed E-state index contributed by atoms with van der Waals surface area (Å²) in [6, 6.07) is 6.29. The van der Waals surface area contributed by atoms with Crippen LogP contribution in [0.1, 0.15) is 15.9 Å². The lowest BCUT2D eigenvalue weighted by Crippen LogP contribution is -2.03. The van der Waals surface area contributed by atoms with Crippen LogP contribution in [0.3, 0.4) is 0 Å². The molecule has 0 bridgehead atoms. The number of nitrogens with zero attached hydrogens (tertiary/aromatic N) is 1. The predicted octanol–water partition coefficient (Wildman–Crippen LogP) is 3.12. The lowest BCUT2D eigenvalue weighted by Gasteiger charge is -2.09. The van der Waals surface area contributed by atoms with Crippen LogP contribution < -0.4 is 10.5 Å². The zero-order chi connectivity index (χ0) is 14.0. The molecule has 0 aliphatic rings. The second-order valence-corrected chi connectivity index (χ2v) is 4.33. The van der Waals surface area contributed by atoms with Gasteiger partial charge in [-0.05, 0) is 36.8 Å². The summed E-state index contributed by atoms with van der Waals surface area (Å²) < 4.78 is 5.50. The molecule has 0 radical (unpaired) electrons. The normalized spacial score (nSPS) is 10.2. The Morgan fingerprint density at radius 2 is 2.16 bits per heavy atom. The quantitative estimate of drug-likeness (QED) is 0.901. The molecule has 6 heteroatoms. The van der Waals surface area contributed by atoms with Gasteiger partial charge in [-0.2, -0.15) is 0 Å². The number of carboxylic acid groups (broad SMARTS) is 1. The summed E-state index contributed by atoms with van der Waals surface area (Å²) in [5.74, 6) is -0.397. The third kappa shape index (κ3) is 2.95. The topological polar surface area (TPSA) is 85.4 Å². The number of nitrogens with two attached hydrogens (primary N) is 1. The van der Waals surface area contributed by atoms with E-state index >= 15 is 0 Å². The fraction of sp³-hybridized carbons (Fsp3) is 0.0769. The number of pyridine rings is 1. The number of anilines is 1. The molecule has 1 aromatic heterocycles. The maximum Gasteiger partial charge on any atom is 0.339 e. The Kier molecular flexibility index (Phi) is 3.57. The number of benzene rings is 1. The lowest BCUT2D eigenvalue weighted by molar-refractivity contribution is 0.0694. The first-order valence-corrected chi connectivity index (χ1v) is 5.78. The molecule has 1 aromatic carbocycles. The molecule has 2 rings (SSSR count). The monoisotopic (exact) mass is 278 g/mol. The molecule has 98 valence electrons. The molecule has 0 saturated carbocycles. The van der Waals surface area contributed by atoms with Crippen LogP contribution in [0, 0.1) is 6.92 Å². The second-order valence-electron chi connectivity index (χ2n) is 3.92. The van der Waals surface area contributed by atoms with Gasteiger partial charge in [0.25, 0.3) is 0 Å². The highest BCUT2D eigenvalue weighted by atomic mass is 35.5. The largest absolute Gasteiger partial charge is 0.478 e. The summed E-state index contributed by atoms with van der Waals surface area (Å²) in [6.07, 6.45) is 1.28. The highest BCUT2D eigenvalue weighted by Gasteiger charge is 2.13. The van der Waals surface area contributed by atoms with Gasteiger partial charge in [0.1, 0.15) is 17.1 Å². The van der Waals surface area contributed by atoms with Gasteiger partial charge in [-0.15, -0.1) is 0 Å². The van der Waals surface area contributed by atoms with Crippen molar-refractivity contribution in [2.45, 2.75) is 6.92 Å². The van der Waals surface area contributed by atoms with Crippen LogP contribution in [-0.2, 0) is 0 Å². The Hall–Kier alpha value is -2.27. The Morgan fingerprint density at radius 3 is 2.79 bits per heavy atom. The van der Waals surface area contributed by atoms with Crippen molar-refractivity contribution in [3.63, 3.8) is 0 Å². The Morgan fingerprint density at radius 1 is 1.42 bits per heavy atom. The number of ether oxygens (including phenoxy) is 1. The average molecular weight is 279 g/mol. The molecule has 0 fully saturated rings. The fourth-order valence-electron chi connectivity index (χ4n) is 1.52. The van der Waals surface area contributed by atoms with Crippen LogP contribution in [-0.4, -0.2) is 16.1 Å². The minimum Gasteiger partial charge on any atom is -0.478 e. The molecule has 0 spiro atoms. The Balaban J connectivity index is 2.37. The Labute approximate surface area is 114 Å². The summed E-state index contributed by atoms with van der Waals surface area (Å²) in [4.78, 5) is 14.9. The maximum absolute atomic E-state index is 11.1. The molecule has 5 nitrogen and oxygen atoms in total. The molecule has 0 saturated heterocycles. The standard InChI is InChI=1S/C13H11ClN2O3/c1-7-4-8(2-3-10(7)14)19-11-6-16-12(15)5-9(11)13(17)18/h2-6H,1H3,(H2,15,16)(H,17,18). The van der Waals surface area contributed by atoms with Crippen LogP contribution in [0.25, 0.3) is 0 Å². The molecule has 0 unspecified atom stereocenters. The summed E-state index contributed by atoms with van der Waals surface area (Å²) in [5.41, 5.74) is 6.25. The number of nitrogen functional groups attached to an aromatic ring is 1. The van der Waals surface area contributed by atoms with Gasteiger partial charge < -0.3 is 15.6 Å². The van der Waals surface area contributed by atoms with Crippen LogP contribution >= 0.6 is 11.6 Å². The third-order valence-electron chi connectivity index (χ3n) is 2.48. The Bertz CT molecular complexity index is 644. The molecular weight excluding hydrogens is 268 g/mol. The zero-order valence-corrected chi connectivity index (χ0v) is 10.8. The van der Waals surface area contributed by atoms with E-state index in [4.69, 9.17) is 27.2 Å². The molecule has 0 atom stereocenters. The first kappa shape index (κ1) is 13.2. The predicted molar refractivity (Wildman–Crippen MR) is 71.9 cm³/mol. The molecular formula is C13H11ClN2O3. The highest BCUT2D eigenvalue weighted by Crippen LogP contribution is 2.28. The SMILES string of the molecule is Cc1cc(Oc2cnc(N)cc2C(=O)O)ccc1Cl. The minimum atomic E-state index is -1.13. The molecule has 1 heterocycles. The van der Waals surface area contributed by atoms with Crippen LogP contribution in [0.5, 0.6) is 11.5 Å². The van der Waals surface area contributed by atoms with E-state index in [9.17, 15) is 4.79 Å². The van der Waals surface area contributed by atoms with Gasteiger partial charge in [0.15, 0.2) is 5.75 Å². The van der Waals surface area contributed by atoms with Gasteiger partial charge >= 0.3 is 5.97 Å². The van der Waals surface area contributed by atoms with Crippen molar-refractivity contribution < 1.29 is 14.6 Å². The van der Waals surface area contributed by atoms with Crippen molar-refractivity contribution in [2.75, 3.05) is 5.73 Å². The second kappa shape index (κ2) is 5.16. The molecule has 2 aromatic rings. The van der Waals surface area contributed by atoms with Gasteiger partial charge in [0.2, 0.25) is 0 Å². The van der Waals surface area contributed by atoms with E-state index in [1.165, 1.54) is 12.3 Å². The van der Waals surface area contributed by atoms with Crippen molar-refractivity contribution >= 4 is 23.4 Å². The lowest BCUT2D eigenvalue weighted by atomic mass is 10.2. The van der Waals surface area contributed by atoms with Crippen molar-refractivity contribution in [2.24, 2.45) is 0 Å². The van der Waals surface area contributed by atoms with Gasteiger partial charge in [-0.1, -0.05) is 11.6 Å². The average Bonchev–Trinajstić information content (AvgIpc) is 2.36. The third-order valence-corrected chi connectivity index (χ3v) is 2.90. The number of carboxylic acids is 1. The number of halogens is 1. The van der Waals surface area contributed by atoms with Crippen molar-refractivity contribution in [1.82, 2.24) is 4.98 Å².